The minimum Gasteiger partial charge on any atom is -0.354 e. The van der Waals surface area contributed by atoms with Crippen LogP contribution in [0.3, 0.4) is 0 Å². The van der Waals surface area contributed by atoms with Gasteiger partial charge in [-0.05, 0) is 17.4 Å². The van der Waals surface area contributed by atoms with Crippen LogP contribution < -0.4 is 5.32 Å². The molecule has 0 bridgehead atoms. The number of benzene rings is 1. The Morgan fingerprint density at radius 3 is 2.44 bits per heavy atom. The molecule has 0 spiro atoms. The summed E-state index contributed by atoms with van der Waals surface area (Å²) < 4.78 is 0. The van der Waals surface area contributed by atoms with Crippen molar-refractivity contribution >= 4 is 17.5 Å². The number of carbonyl (C=O) groups excluding carboxylic acids is 1. The first-order chi connectivity index (χ1) is 8.37. The van der Waals surface area contributed by atoms with Gasteiger partial charge in [0.1, 0.15) is 0 Å². The van der Waals surface area contributed by atoms with Gasteiger partial charge in [0, 0.05) is 6.54 Å². The quantitative estimate of drug-likeness (QED) is 0.814. The lowest BCUT2D eigenvalue weighted by atomic mass is 9.90. The molecular formula is C15H22ClNO. The Bertz CT molecular complexity index is 370. The van der Waals surface area contributed by atoms with E-state index in [1.807, 2.05) is 30.3 Å². The van der Waals surface area contributed by atoms with E-state index in [9.17, 15) is 4.79 Å². The largest absolute Gasteiger partial charge is 0.354 e. The topological polar surface area (TPSA) is 29.1 Å². The number of hydrogen-bond acceptors (Lipinski definition) is 1. The maximum Gasteiger partial charge on any atom is 0.224 e. The first-order valence-electron chi connectivity index (χ1n) is 6.31. The second-order valence-corrected chi connectivity index (χ2v) is 6.45. The van der Waals surface area contributed by atoms with Gasteiger partial charge in [0.15, 0.2) is 0 Å². The molecular weight excluding hydrogens is 246 g/mol. The lowest BCUT2D eigenvalue weighted by Gasteiger charge is -2.22. The molecule has 3 heteroatoms. The molecule has 0 fully saturated rings. The third kappa shape index (κ3) is 6.65. The summed E-state index contributed by atoms with van der Waals surface area (Å²) in [5.41, 5.74) is 1.22. The van der Waals surface area contributed by atoms with Gasteiger partial charge >= 0.3 is 0 Å². The van der Waals surface area contributed by atoms with Crippen molar-refractivity contribution in [2.75, 3.05) is 6.54 Å². The molecule has 1 aromatic carbocycles. The highest BCUT2D eigenvalue weighted by Crippen LogP contribution is 2.23. The van der Waals surface area contributed by atoms with Gasteiger partial charge < -0.3 is 5.32 Å². The summed E-state index contributed by atoms with van der Waals surface area (Å²) in [7, 11) is 0. The summed E-state index contributed by atoms with van der Waals surface area (Å²) in [4.78, 5) is 11.7. The van der Waals surface area contributed by atoms with E-state index in [4.69, 9.17) is 11.6 Å². The van der Waals surface area contributed by atoms with Gasteiger partial charge in [0.05, 0.1) is 11.8 Å². The Hall–Kier alpha value is -1.02. The van der Waals surface area contributed by atoms with E-state index in [1.54, 1.807) is 0 Å². The molecule has 2 nitrogen and oxygen atoms in total. The minimum absolute atomic E-state index is 0.00952. The highest BCUT2D eigenvalue weighted by atomic mass is 35.5. The van der Waals surface area contributed by atoms with Crippen molar-refractivity contribution in [3.63, 3.8) is 0 Å². The summed E-state index contributed by atoms with van der Waals surface area (Å²) in [5.74, 6) is 0.0285. The number of amides is 1. The Kier molecular flexibility index (Phi) is 5.67. The molecule has 1 aromatic rings. The summed E-state index contributed by atoms with van der Waals surface area (Å²) in [6, 6.07) is 9.72. The number of rotatable bonds is 5. The fraction of sp³-hybridized carbons (Fsp3) is 0.533. The lowest BCUT2D eigenvalue weighted by Crippen LogP contribution is -2.32. The Morgan fingerprint density at radius 2 is 1.89 bits per heavy atom. The molecule has 1 atom stereocenters. The third-order valence-corrected chi connectivity index (χ3v) is 2.87. The molecule has 1 amide bonds. The van der Waals surface area contributed by atoms with Crippen molar-refractivity contribution in [1.29, 1.82) is 0 Å². The SMILES string of the molecule is CC(C)(C)CC(Cl)CNC(=O)Cc1ccccc1. The zero-order valence-corrected chi connectivity index (χ0v) is 12.1. The lowest BCUT2D eigenvalue weighted by molar-refractivity contribution is -0.120. The van der Waals surface area contributed by atoms with Crippen LogP contribution in [0, 0.1) is 5.41 Å². The Labute approximate surface area is 115 Å². The van der Waals surface area contributed by atoms with Gasteiger partial charge in [0.25, 0.3) is 0 Å². The minimum atomic E-state index is -0.00952. The van der Waals surface area contributed by atoms with Crippen molar-refractivity contribution < 1.29 is 4.79 Å². The Balaban J connectivity index is 2.29. The van der Waals surface area contributed by atoms with Gasteiger partial charge in [-0.3, -0.25) is 4.79 Å². The maximum atomic E-state index is 11.7. The summed E-state index contributed by atoms with van der Waals surface area (Å²) in [6.07, 6.45) is 1.31. The first kappa shape index (κ1) is 15.0. The van der Waals surface area contributed by atoms with Crippen LogP contribution in [-0.2, 0) is 11.2 Å². The monoisotopic (exact) mass is 267 g/mol. The van der Waals surface area contributed by atoms with Crippen LogP contribution in [0.15, 0.2) is 30.3 Å². The van der Waals surface area contributed by atoms with Crippen molar-refractivity contribution in [2.45, 2.75) is 39.0 Å². The molecule has 1 unspecified atom stereocenters. The molecule has 0 aliphatic rings. The fourth-order valence-corrected chi connectivity index (χ4v) is 2.35. The fourth-order valence-electron chi connectivity index (χ4n) is 1.80. The summed E-state index contributed by atoms with van der Waals surface area (Å²) in [6.45, 7) is 6.97. The average molecular weight is 268 g/mol. The van der Waals surface area contributed by atoms with E-state index in [0.29, 0.717) is 13.0 Å². The third-order valence-electron chi connectivity index (χ3n) is 2.56. The van der Waals surface area contributed by atoms with Crippen LogP contribution in [0.25, 0.3) is 0 Å². The van der Waals surface area contributed by atoms with Crippen LogP contribution in [0.5, 0.6) is 0 Å². The molecule has 1 N–H and O–H groups in total. The van der Waals surface area contributed by atoms with Crippen molar-refractivity contribution in [1.82, 2.24) is 5.32 Å². The Morgan fingerprint density at radius 1 is 1.28 bits per heavy atom. The molecule has 18 heavy (non-hydrogen) atoms. The predicted molar refractivity (Wildman–Crippen MR) is 76.9 cm³/mol. The zero-order valence-electron chi connectivity index (χ0n) is 11.4. The standard InChI is InChI=1S/C15H22ClNO/c1-15(2,3)10-13(16)11-17-14(18)9-12-7-5-4-6-8-12/h4-8,13H,9-11H2,1-3H3,(H,17,18). The molecule has 0 saturated carbocycles. The van der Waals surface area contributed by atoms with Gasteiger partial charge in [-0.1, -0.05) is 51.1 Å². The van der Waals surface area contributed by atoms with Crippen molar-refractivity contribution in [2.24, 2.45) is 5.41 Å². The number of carbonyl (C=O) groups is 1. The van der Waals surface area contributed by atoms with Gasteiger partial charge in [0.2, 0.25) is 5.91 Å². The molecule has 0 heterocycles. The second-order valence-electron chi connectivity index (χ2n) is 5.83. The van der Waals surface area contributed by atoms with E-state index in [1.165, 1.54) is 0 Å². The second kappa shape index (κ2) is 6.79. The van der Waals surface area contributed by atoms with Crippen LogP contribution in [0.1, 0.15) is 32.8 Å². The molecule has 0 radical (unpaired) electrons. The highest BCUT2D eigenvalue weighted by Gasteiger charge is 2.17. The molecule has 0 aliphatic carbocycles. The van der Waals surface area contributed by atoms with Gasteiger partial charge in [-0.15, -0.1) is 11.6 Å². The zero-order chi connectivity index (χ0) is 13.6. The van der Waals surface area contributed by atoms with Crippen molar-refractivity contribution in [3.05, 3.63) is 35.9 Å². The molecule has 0 saturated heterocycles. The predicted octanol–water partition coefficient (Wildman–Crippen LogP) is 3.39. The average Bonchev–Trinajstić information content (AvgIpc) is 2.25. The first-order valence-corrected chi connectivity index (χ1v) is 6.75. The van der Waals surface area contributed by atoms with Gasteiger partial charge in [-0.2, -0.15) is 0 Å². The molecule has 0 aromatic heterocycles. The van der Waals surface area contributed by atoms with E-state index in [-0.39, 0.29) is 16.7 Å². The number of hydrogen-bond donors (Lipinski definition) is 1. The number of alkyl halides is 1. The summed E-state index contributed by atoms with van der Waals surface area (Å²) in [5, 5.41) is 2.87. The van der Waals surface area contributed by atoms with Crippen molar-refractivity contribution in [3.8, 4) is 0 Å². The molecule has 100 valence electrons. The molecule has 1 rings (SSSR count). The van der Waals surface area contributed by atoms with Gasteiger partial charge in [-0.25, -0.2) is 0 Å². The number of halogens is 1. The maximum absolute atomic E-state index is 11.7. The van der Waals surface area contributed by atoms with E-state index < -0.39 is 0 Å². The van der Waals surface area contributed by atoms with Crippen LogP contribution in [0.2, 0.25) is 0 Å². The van der Waals surface area contributed by atoms with E-state index in [0.717, 1.165) is 12.0 Å². The molecule has 0 aliphatic heterocycles. The van der Waals surface area contributed by atoms with Crippen LogP contribution in [0.4, 0.5) is 0 Å². The van der Waals surface area contributed by atoms with E-state index in [2.05, 4.69) is 26.1 Å². The van der Waals surface area contributed by atoms with Crippen LogP contribution >= 0.6 is 11.6 Å². The normalized spacial score (nSPS) is 13.1. The highest BCUT2D eigenvalue weighted by molar-refractivity contribution is 6.20. The summed E-state index contributed by atoms with van der Waals surface area (Å²) >= 11 is 6.20. The van der Waals surface area contributed by atoms with Crippen LogP contribution in [-0.4, -0.2) is 17.8 Å². The smallest absolute Gasteiger partial charge is 0.224 e. The number of nitrogens with one attached hydrogen (secondary N) is 1. The van der Waals surface area contributed by atoms with E-state index >= 15 is 0 Å².